The van der Waals surface area contributed by atoms with E-state index in [-0.39, 0.29) is 18.3 Å². The maximum atomic E-state index is 13.3. The number of rotatable bonds is 8. The molecule has 6 aliphatic carbocycles. The predicted octanol–water partition coefficient (Wildman–Crippen LogP) is 3.98. The SMILES string of the molecule is CCC(C)(C)C(=O)OC1C2CC3C1OC(=O)C3(C(=O)OCC(=O)OC1(CC)C3CC4CC(C3)CC1C4)C2. The van der Waals surface area contributed by atoms with E-state index >= 15 is 0 Å². The molecule has 204 valence electrons. The summed E-state index contributed by atoms with van der Waals surface area (Å²) in [5, 5.41) is 0. The minimum Gasteiger partial charge on any atom is -0.458 e. The van der Waals surface area contributed by atoms with E-state index in [1.54, 1.807) is 0 Å². The van der Waals surface area contributed by atoms with Crippen LogP contribution in [0.2, 0.25) is 0 Å². The summed E-state index contributed by atoms with van der Waals surface area (Å²) in [7, 11) is 0. The Morgan fingerprint density at radius 1 is 1.00 bits per heavy atom. The lowest BCUT2D eigenvalue weighted by Gasteiger charge is -2.60. The number of hydrogen-bond donors (Lipinski definition) is 0. The normalized spacial score (nSPS) is 44.6. The summed E-state index contributed by atoms with van der Waals surface area (Å²) >= 11 is 0. The summed E-state index contributed by atoms with van der Waals surface area (Å²) in [5.41, 5.74) is -2.50. The smallest absolute Gasteiger partial charge is 0.344 e. The van der Waals surface area contributed by atoms with Crippen molar-refractivity contribution in [3.05, 3.63) is 0 Å². The summed E-state index contributed by atoms with van der Waals surface area (Å²) in [4.78, 5) is 52.0. The number of carbonyl (C=O) groups is 4. The Labute approximate surface area is 218 Å². The molecule has 0 aromatic carbocycles. The molecule has 0 radical (unpaired) electrons. The molecule has 7 rings (SSSR count). The molecule has 0 spiro atoms. The van der Waals surface area contributed by atoms with Crippen LogP contribution in [0, 0.1) is 46.3 Å². The van der Waals surface area contributed by atoms with Crippen molar-refractivity contribution in [1.29, 1.82) is 0 Å². The first-order chi connectivity index (χ1) is 17.5. The molecule has 0 amide bonds. The molecule has 0 N–H and O–H groups in total. The van der Waals surface area contributed by atoms with Gasteiger partial charge < -0.3 is 18.9 Å². The Balaban J connectivity index is 1.09. The minimum atomic E-state index is -1.41. The fraction of sp³-hybridized carbons (Fsp3) is 0.862. The lowest BCUT2D eigenvalue weighted by molar-refractivity contribution is -0.215. The van der Waals surface area contributed by atoms with Crippen LogP contribution in [0.4, 0.5) is 0 Å². The molecular formula is C29H40O8. The molecule has 1 saturated heterocycles. The fourth-order valence-electron chi connectivity index (χ4n) is 9.15. The highest BCUT2D eigenvalue weighted by molar-refractivity contribution is 6.03. The average molecular weight is 517 g/mol. The van der Waals surface area contributed by atoms with E-state index in [1.807, 2.05) is 20.8 Å². The van der Waals surface area contributed by atoms with Crippen molar-refractivity contribution in [3.8, 4) is 0 Å². The number of carbonyl (C=O) groups excluding carboxylic acids is 4. The number of fused-ring (bicyclic) bond motifs is 1. The molecule has 8 heteroatoms. The highest BCUT2D eigenvalue weighted by Gasteiger charge is 2.75. The van der Waals surface area contributed by atoms with Gasteiger partial charge in [0.15, 0.2) is 12.0 Å². The van der Waals surface area contributed by atoms with E-state index in [0.717, 1.165) is 43.9 Å². The van der Waals surface area contributed by atoms with E-state index in [9.17, 15) is 19.2 Å². The van der Waals surface area contributed by atoms with Crippen LogP contribution < -0.4 is 0 Å². The molecule has 5 unspecified atom stereocenters. The van der Waals surface area contributed by atoms with Crippen LogP contribution in [0.25, 0.3) is 0 Å². The second kappa shape index (κ2) is 8.44. The van der Waals surface area contributed by atoms with E-state index in [2.05, 4.69) is 6.92 Å². The van der Waals surface area contributed by atoms with E-state index in [0.29, 0.717) is 24.7 Å². The zero-order valence-electron chi connectivity index (χ0n) is 22.5. The van der Waals surface area contributed by atoms with Crippen molar-refractivity contribution in [2.75, 3.05) is 6.61 Å². The van der Waals surface area contributed by atoms with Crippen LogP contribution in [-0.4, -0.2) is 48.3 Å². The summed E-state index contributed by atoms with van der Waals surface area (Å²) in [6.45, 7) is 7.18. The maximum Gasteiger partial charge on any atom is 0.344 e. The summed E-state index contributed by atoms with van der Waals surface area (Å²) in [6.07, 6.45) is 6.80. The maximum absolute atomic E-state index is 13.3. The van der Waals surface area contributed by atoms with Crippen LogP contribution in [0.15, 0.2) is 0 Å². The third-order valence-electron chi connectivity index (χ3n) is 11.3. The van der Waals surface area contributed by atoms with Crippen LogP contribution in [0.5, 0.6) is 0 Å². The monoisotopic (exact) mass is 516 g/mol. The Bertz CT molecular complexity index is 987. The third-order valence-corrected chi connectivity index (χ3v) is 11.3. The van der Waals surface area contributed by atoms with Crippen molar-refractivity contribution in [3.63, 3.8) is 0 Å². The number of esters is 4. The first-order valence-corrected chi connectivity index (χ1v) is 14.3. The van der Waals surface area contributed by atoms with Crippen LogP contribution >= 0.6 is 0 Å². The minimum absolute atomic E-state index is 0.144. The van der Waals surface area contributed by atoms with Gasteiger partial charge in [-0.1, -0.05) is 13.8 Å². The largest absolute Gasteiger partial charge is 0.458 e. The topological polar surface area (TPSA) is 105 Å². The molecular weight excluding hydrogens is 476 g/mol. The van der Waals surface area contributed by atoms with Gasteiger partial charge in [-0.2, -0.15) is 0 Å². The van der Waals surface area contributed by atoms with Gasteiger partial charge in [-0.3, -0.25) is 14.4 Å². The molecule has 7 aliphatic rings. The van der Waals surface area contributed by atoms with Crippen LogP contribution in [-0.2, 0) is 38.1 Å². The van der Waals surface area contributed by atoms with Crippen molar-refractivity contribution < 1.29 is 38.1 Å². The molecule has 1 heterocycles. The van der Waals surface area contributed by atoms with Gasteiger partial charge in [0, 0.05) is 11.8 Å². The Morgan fingerprint density at radius 3 is 2.24 bits per heavy atom. The van der Waals surface area contributed by atoms with Crippen LogP contribution in [0.3, 0.4) is 0 Å². The third kappa shape index (κ3) is 3.52. The molecule has 5 atom stereocenters. The lowest BCUT2D eigenvalue weighted by atomic mass is 9.49. The molecule has 6 saturated carbocycles. The Hall–Kier alpha value is -2.12. The second-order valence-corrected chi connectivity index (χ2v) is 13.4. The summed E-state index contributed by atoms with van der Waals surface area (Å²) < 4.78 is 23.1. The molecule has 1 aliphatic heterocycles. The predicted molar refractivity (Wildman–Crippen MR) is 130 cm³/mol. The zero-order valence-corrected chi connectivity index (χ0v) is 22.5. The Morgan fingerprint density at radius 2 is 1.65 bits per heavy atom. The van der Waals surface area contributed by atoms with Gasteiger partial charge in [0.25, 0.3) is 0 Å². The lowest BCUT2D eigenvalue weighted by Crippen LogP contribution is -2.59. The summed E-state index contributed by atoms with van der Waals surface area (Å²) in [6, 6.07) is 0. The van der Waals surface area contributed by atoms with Gasteiger partial charge in [-0.15, -0.1) is 0 Å². The van der Waals surface area contributed by atoms with Crippen LogP contribution in [0.1, 0.15) is 85.5 Å². The molecule has 0 aromatic heterocycles. The Kier molecular flexibility index (Phi) is 5.74. The summed E-state index contributed by atoms with van der Waals surface area (Å²) in [5.74, 6) is -0.431. The van der Waals surface area contributed by atoms with Gasteiger partial charge >= 0.3 is 23.9 Å². The van der Waals surface area contributed by atoms with Crippen molar-refractivity contribution in [2.45, 2.75) is 103 Å². The standard InChI is InChI=1S/C29H40O8/c1-5-27(3,4)24(31)35-22-17-12-20-23(22)36-26(33)28(20,13-17)25(32)34-14-21(30)37-29(6-2)18-8-15-7-16(10-18)11-19(29)9-15/h15-20,22-23H,5-14H2,1-4H3. The second-order valence-electron chi connectivity index (χ2n) is 13.4. The quantitative estimate of drug-likeness (QED) is 0.271. The zero-order chi connectivity index (χ0) is 26.3. The van der Waals surface area contributed by atoms with E-state index < -0.39 is 59.1 Å². The van der Waals surface area contributed by atoms with Crippen molar-refractivity contribution in [1.82, 2.24) is 0 Å². The van der Waals surface area contributed by atoms with E-state index in [4.69, 9.17) is 18.9 Å². The molecule has 7 fully saturated rings. The highest BCUT2D eigenvalue weighted by Crippen LogP contribution is 2.63. The number of hydrogen-bond acceptors (Lipinski definition) is 8. The first-order valence-electron chi connectivity index (χ1n) is 14.3. The van der Waals surface area contributed by atoms with Crippen molar-refractivity contribution >= 4 is 23.9 Å². The van der Waals surface area contributed by atoms with Crippen molar-refractivity contribution in [2.24, 2.45) is 46.3 Å². The van der Waals surface area contributed by atoms with Gasteiger partial charge in [0.2, 0.25) is 0 Å². The highest BCUT2D eigenvalue weighted by atomic mass is 16.6. The first kappa shape index (κ1) is 25.2. The number of ether oxygens (including phenoxy) is 4. The van der Waals surface area contributed by atoms with Gasteiger partial charge in [-0.25, -0.2) is 4.79 Å². The average Bonchev–Trinajstić information content (AvgIpc) is 3.47. The molecule has 8 nitrogen and oxygen atoms in total. The fourth-order valence-corrected chi connectivity index (χ4v) is 9.15. The molecule has 37 heavy (non-hydrogen) atoms. The molecule has 0 aromatic rings. The molecule has 6 bridgehead atoms. The van der Waals surface area contributed by atoms with Gasteiger partial charge in [0.05, 0.1) is 5.41 Å². The van der Waals surface area contributed by atoms with E-state index in [1.165, 1.54) is 6.42 Å². The van der Waals surface area contributed by atoms with Gasteiger partial charge in [-0.05, 0) is 95.3 Å². The van der Waals surface area contributed by atoms with Gasteiger partial charge in [0.1, 0.15) is 17.8 Å².